The number of carbonyl (C=O) groups is 1. The average molecular weight is 244 g/mol. The Bertz CT molecular complexity index is 466. The molecule has 1 saturated carbocycles. The first-order valence-electron chi connectivity index (χ1n) is 6.92. The molecule has 2 aliphatic rings. The van der Waals surface area contributed by atoms with E-state index >= 15 is 0 Å². The highest BCUT2D eigenvalue weighted by molar-refractivity contribution is 5.98. The number of unbranched alkanes of at least 4 members (excludes halogenated alkanes) is 1. The topological polar surface area (TPSA) is 46.3 Å². The minimum Gasteiger partial charge on any atom is -0.331 e. The number of amides is 1. The van der Waals surface area contributed by atoms with Gasteiger partial charge in [-0.25, -0.2) is 0 Å². The molecule has 0 atom stereocenters. The maximum Gasteiger partial charge on any atom is 0.254 e. The van der Waals surface area contributed by atoms with Crippen molar-refractivity contribution in [2.75, 3.05) is 6.54 Å². The third-order valence-electron chi connectivity index (χ3n) is 3.91. The van der Waals surface area contributed by atoms with Gasteiger partial charge in [-0.3, -0.25) is 4.79 Å². The summed E-state index contributed by atoms with van der Waals surface area (Å²) in [6.45, 7) is 1.57. The van der Waals surface area contributed by atoms with E-state index in [0.717, 1.165) is 37.9 Å². The Balaban J connectivity index is 1.74. The first-order valence-corrected chi connectivity index (χ1v) is 6.92. The van der Waals surface area contributed by atoms with Gasteiger partial charge in [-0.15, -0.1) is 0 Å². The van der Waals surface area contributed by atoms with E-state index in [2.05, 4.69) is 18.2 Å². The summed E-state index contributed by atoms with van der Waals surface area (Å²) < 4.78 is 0. The lowest BCUT2D eigenvalue weighted by atomic mass is 10.0. The maximum absolute atomic E-state index is 12.3. The van der Waals surface area contributed by atoms with Crippen molar-refractivity contribution < 1.29 is 4.79 Å². The van der Waals surface area contributed by atoms with Crippen molar-refractivity contribution in [1.82, 2.24) is 4.90 Å². The second kappa shape index (κ2) is 4.73. The standard InChI is InChI=1S/C15H20N2O/c16-8-2-1-3-11-4-5-12-10-17(13-6-7-13)15(18)14(12)9-11/h4-5,9,13H,1-3,6-8,10,16H2. The van der Waals surface area contributed by atoms with Crippen LogP contribution in [0.1, 0.15) is 47.2 Å². The molecule has 2 N–H and O–H groups in total. The molecule has 0 bridgehead atoms. The predicted molar refractivity (Wildman–Crippen MR) is 71.3 cm³/mol. The second-order valence-corrected chi connectivity index (χ2v) is 5.40. The van der Waals surface area contributed by atoms with Crippen molar-refractivity contribution in [2.24, 2.45) is 5.73 Å². The Labute approximate surface area is 108 Å². The predicted octanol–water partition coefficient (Wildman–Crippen LogP) is 2.09. The van der Waals surface area contributed by atoms with Crippen LogP contribution in [0.25, 0.3) is 0 Å². The van der Waals surface area contributed by atoms with Gasteiger partial charge in [-0.05, 0) is 55.8 Å². The third-order valence-corrected chi connectivity index (χ3v) is 3.91. The van der Waals surface area contributed by atoms with Crippen LogP contribution in [0.2, 0.25) is 0 Å². The molecular weight excluding hydrogens is 224 g/mol. The fourth-order valence-corrected chi connectivity index (χ4v) is 2.68. The van der Waals surface area contributed by atoms with Gasteiger partial charge in [0.1, 0.15) is 0 Å². The van der Waals surface area contributed by atoms with Gasteiger partial charge in [0.05, 0.1) is 0 Å². The number of hydrogen-bond donors (Lipinski definition) is 1. The fraction of sp³-hybridized carbons (Fsp3) is 0.533. The Morgan fingerprint density at radius 1 is 1.28 bits per heavy atom. The highest BCUT2D eigenvalue weighted by Gasteiger charge is 2.38. The van der Waals surface area contributed by atoms with E-state index in [-0.39, 0.29) is 5.91 Å². The fourth-order valence-electron chi connectivity index (χ4n) is 2.68. The Kier molecular flexibility index (Phi) is 3.08. The van der Waals surface area contributed by atoms with Crippen LogP contribution >= 0.6 is 0 Å². The van der Waals surface area contributed by atoms with Crippen molar-refractivity contribution in [1.29, 1.82) is 0 Å². The molecule has 1 heterocycles. The molecule has 0 saturated heterocycles. The molecule has 0 aromatic heterocycles. The van der Waals surface area contributed by atoms with Crippen molar-refractivity contribution in [3.63, 3.8) is 0 Å². The number of carbonyl (C=O) groups excluding carboxylic acids is 1. The molecule has 96 valence electrons. The van der Waals surface area contributed by atoms with Crippen LogP contribution in [0.15, 0.2) is 18.2 Å². The summed E-state index contributed by atoms with van der Waals surface area (Å²) in [4.78, 5) is 14.3. The molecule has 3 rings (SSSR count). The molecule has 1 fully saturated rings. The minimum absolute atomic E-state index is 0.244. The van der Waals surface area contributed by atoms with Crippen molar-refractivity contribution >= 4 is 5.91 Å². The zero-order valence-electron chi connectivity index (χ0n) is 10.7. The zero-order chi connectivity index (χ0) is 12.5. The summed E-state index contributed by atoms with van der Waals surface area (Å²) in [5.74, 6) is 0.244. The molecule has 0 unspecified atom stereocenters. The van der Waals surface area contributed by atoms with Crippen molar-refractivity contribution in [3.05, 3.63) is 34.9 Å². The van der Waals surface area contributed by atoms with Gasteiger partial charge in [-0.2, -0.15) is 0 Å². The molecule has 1 aromatic carbocycles. The Morgan fingerprint density at radius 3 is 2.83 bits per heavy atom. The molecule has 3 nitrogen and oxygen atoms in total. The lowest BCUT2D eigenvalue weighted by molar-refractivity contribution is 0.0766. The van der Waals surface area contributed by atoms with Crippen LogP contribution in [0.4, 0.5) is 0 Å². The van der Waals surface area contributed by atoms with Crippen LogP contribution in [0.3, 0.4) is 0 Å². The molecule has 1 aliphatic heterocycles. The van der Waals surface area contributed by atoms with E-state index in [1.807, 2.05) is 4.90 Å². The highest BCUT2D eigenvalue weighted by Crippen LogP contribution is 2.34. The zero-order valence-corrected chi connectivity index (χ0v) is 10.7. The number of nitrogens with two attached hydrogens (primary N) is 1. The molecule has 18 heavy (non-hydrogen) atoms. The minimum atomic E-state index is 0.244. The van der Waals surface area contributed by atoms with E-state index in [1.165, 1.54) is 24.0 Å². The summed E-state index contributed by atoms with van der Waals surface area (Å²) in [5.41, 5.74) is 8.91. The van der Waals surface area contributed by atoms with Crippen molar-refractivity contribution in [2.45, 2.75) is 44.7 Å². The van der Waals surface area contributed by atoms with Gasteiger partial charge < -0.3 is 10.6 Å². The number of rotatable bonds is 5. The van der Waals surface area contributed by atoms with E-state index in [4.69, 9.17) is 5.73 Å². The van der Waals surface area contributed by atoms with Crippen LogP contribution < -0.4 is 5.73 Å². The summed E-state index contributed by atoms with van der Waals surface area (Å²) in [6.07, 6.45) is 5.56. The first-order chi connectivity index (χ1) is 8.79. The van der Waals surface area contributed by atoms with E-state index in [0.29, 0.717) is 6.04 Å². The quantitative estimate of drug-likeness (QED) is 0.806. The molecule has 3 heteroatoms. The number of benzene rings is 1. The average Bonchev–Trinajstić information content (AvgIpc) is 3.16. The van der Waals surface area contributed by atoms with Crippen LogP contribution in [-0.2, 0) is 13.0 Å². The van der Waals surface area contributed by atoms with E-state index < -0.39 is 0 Å². The number of aryl methyl sites for hydroxylation is 1. The van der Waals surface area contributed by atoms with Gasteiger partial charge in [0, 0.05) is 18.2 Å². The van der Waals surface area contributed by atoms with Crippen molar-refractivity contribution in [3.8, 4) is 0 Å². The van der Waals surface area contributed by atoms with Crippen LogP contribution in [0, 0.1) is 0 Å². The molecule has 1 aliphatic carbocycles. The van der Waals surface area contributed by atoms with Gasteiger partial charge in [-0.1, -0.05) is 12.1 Å². The number of hydrogen-bond acceptors (Lipinski definition) is 2. The maximum atomic E-state index is 12.3. The highest BCUT2D eigenvalue weighted by atomic mass is 16.2. The summed E-state index contributed by atoms with van der Waals surface area (Å²) in [7, 11) is 0. The SMILES string of the molecule is NCCCCc1ccc2c(c1)C(=O)N(C1CC1)C2. The van der Waals surface area contributed by atoms with Gasteiger partial charge in [0.2, 0.25) is 0 Å². The lowest BCUT2D eigenvalue weighted by Crippen LogP contribution is -2.25. The summed E-state index contributed by atoms with van der Waals surface area (Å²) in [5, 5.41) is 0. The van der Waals surface area contributed by atoms with Crippen LogP contribution in [0.5, 0.6) is 0 Å². The number of nitrogens with zero attached hydrogens (tertiary/aromatic N) is 1. The van der Waals surface area contributed by atoms with Crippen LogP contribution in [-0.4, -0.2) is 23.4 Å². The second-order valence-electron chi connectivity index (χ2n) is 5.40. The normalized spacial score (nSPS) is 18.3. The van der Waals surface area contributed by atoms with Gasteiger partial charge >= 0.3 is 0 Å². The molecule has 1 amide bonds. The monoisotopic (exact) mass is 244 g/mol. The van der Waals surface area contributed by atoms with Gasteiger partial charge in [0.25, 0.3) is 5.91 Å². The third kappa shape index (κ3) is 2.15. The Hall–Kier alpha value is -1.35. The van der Waals surface area contributed by atoms with Gasteiger partial charge in [0.15, 0.2) is 0 Å². The molecule has 1 aromatic rings. The summed E-state index contributed by atoms with van der Waals surface area (Å²) in [6, 6.07) is 6.91. The first kappa shape index (κ1) is 11.7. The van der Waals surface area contributed by atoms with E-state index in [9.17, 15) is 4.79 Å². The lowest BCUT2D eigenvalue weighted by Gasteiger charge is -2.13. The van der Waals surface area contributed by atoms with E-state index in [1.54, 1.807) is 0 Å². The molecular formula is C15H20N2O. The number of fused-ring (bicyclic) bond motifs is 1. The molecule has 0 radical (unpaired) electrons. The summed E-state index contributed by atoms with van der Waals surface area (Å²) >= 11 is 0. The Morgan fingerprint density at radius 2 is 2.11 bits per heavy atom. The molecule has 0 spiro atoms. The smallest absolute Gasteiger partial charge is 0.254 e. The largest absolute Gasteiger partial charge is 0.331 e.